The monoisotopic (exact) mass is 167 g/mol. The summed E-state index contributed by atoms with van der Waals surface area (Å²) in [6.07, 6.45) is 0. The molecule has 0 amide bonds. The molecule has 7 nitrogen and oxygen atoms in total. The van der Waals surface area contributed by atoms with Crippen molar-refractivity contribution in [2.45, 2.75) is 0 Å². The van der Waals surface area contributed by atoms with E-state index in [1.165, 1.54) is 0 Å². The molecule has 0 saturated heterocycles. The van der Waals surface area contributed by atoms with E-state index in [4.69, 9.17) is 19.9 Å². The third-order valence-electron chi connectivity index (χ3n) is 0.173. The summed E-state index contributed by atoms with van der Waals surface area (Å²) in [7, 11) is -4.92. The van der Waals surface area contributed by atoms with Gasteiger partial charge in [0.1, 0.15) is 0 Å². The Kier molecular flexibility index (Phi) is 5.65. The van der Waals surface area contributed by atoms with Gasteiger partial charge in [-0.1, -0.05) is 0 Å². The summed E-state index contributed by atoms with van der Waals surface area (Å²) in [4.78, 5) is 24.4. The van der Waals surface area contributed by atoms with Crippen LogP contribution in [0, 0.1) is 10.1 Å². The van der Waals surface area contributed by atoms with Gasteiger partial charge in [-0.2, -0.15) is 4.62 Å². The van der Waals surface area contributed by atoms with Crippen molar-refractivity contribution >= 4 is 37.4 Å². The molecule has 9 heavy (non-hydrogen) atoms. The predicted molar refractivity (Wildman–Crippen MR) is 27.3 cm³/mol. The fourth-order valence-electron chi connectivity index (χ4n) is 0.0868. The zero-order chi connectivity index (χ0) is 6.78. The minimum atomic E-state index is -4.92. The van der Waals surface area contributed by atoms with Gasteiger partial charge in [0.25, 0.3) is 0 Å². The molecule has 2 N–H and O–H groups in total. The molecule has 0 atom stereocenters. The summed E-state index contributed by atoms with van der Waals surface area (Å²) in [6.45, 7) is 0. The zero-order valence-electron chi connectivity index (χ0n) is 3.42. The molecule has 0 aromatic rings. The standard InChI is InChI=1S/H2NO6P.Na.H/c2-1(3)7-8(4,5)6;;/h(H2,4,5,6);;. The molecule has 0 spiro atoms. The molecule has 0 aliphatic heterocycles. The molecule has 0 radical (unpaired) electrons. The van der Waals surface area contributed by atoms with E-state index in [1.807, 2.05) is 0 Å². The van der Waals surface area contributed by atoms with Crippen LogP contribution in [0.15, 0.2) is 0 Å². The van der Waals surface area contributed by atoms with Crippen molar-refractivity contribution in [2.75, 3.05) is 0 Å². The Morgan fingerprint density at radius 1 is 1.56 bits per heavy atom. The van der Waals surface area contributed by atoms with Crippen LogP contribution in [0.25, 0.3) is 0 Å². The third-order valence-corrected chi connectivity index (χ3v) is 0.519. The van der Waals surface area contributed by atoms with Crippen LogP contribution < -0.4 is 0 Å². The van der Waals surface area contributed by atoms with Gasteiger partial charge in [0.2, 0.25) is 0 Å². The van der Waals surface area contributed by atoms with E-state index in [2.05, 4.69) is 4.62 Å². The van der Waals surface area contributed by atoms with E-state index in [0.717, 1.165) is 0 Å². The van der Waals surface area contributed by atoms with Crippen molar-refractivity contribution in [3.8, 4) is 0 Å². The number of hydrogen-bond acceptors (Lipinski definition) is 4. The molecule has 0 bridgehead atoms. The van der Waals surface area contributed by atoms with Crippen LogP contribution in [0.5, 0.6) is 0 Å². The molecule has 9 heteroatoms. The summed E-state index contributed by atoms with van der Waals surface area (Å²) in [5, 5.41) is 7.55. The SMILES string of the molecule is O=[N+]([O-])OP(=O)(O)O.[NaH]. The van der Waals surface area contributed by atoms with Crippen molar-refractivity contribution < 1.29 is 24.1 Å². The Balaban J connectivity index is 0. The fraction of sp³-hybridized carbons (Fsp3) is 0. The third kappa shape index (κ3) is 11.8. The summed E-state index contributed by atoms with van der Waals surface area (Å²) < 4.78 is 12.3. The summed E-state index contributed by atoms with van der Waals surface area (Å²) in [5.74, 6) is 0. The second-order valence-corrected chi connectivity index (χ2v) is 1.94. The molecule has 0 aliphatic rings. The van der Waals surface area contributed by atoms with E-state index in [9.17, 15) is 4.57 Å². The van der Waals surface area contributed by atoms with Crippen LogP contribution in [0.1, 0.15) is 0 Å². The van der Waals surface area contributed by atoms with E-state index >= 15 is 0 Å². The summed E-state index contributed by atoms with van der Waals surface area (Å²) in [6, 6.07) is 0. The van der Waals surface area contributed by atoms with E-state index in [-0.39, 0.29) is 29.6 Å². The summed E-state index contributed by atoms with van der Waals surface area (Å²) >= 11 is 0. The maximum absolute atomic E-state index is 9.47. The van der Waals surface area contributed by atoms with Crippen LogP contribution in [0.3, 0.4) is 0 Å². The van der Waals surface area contributed by atoms with Gasteiger partial charge < -0.3 is 9.79 Å². The molecule has 0 rings (SSSR count). The number of nitrogens with zero attached hydrogens (tertiary/aromatic N) is 1. The molecular formula is H3NNaO6P. The first kappa shape index (κ1) is 12.1. The topological polar surface area (TPSA) is 110 Å². The molecule has 0 saturated carbocycles. The second kappa shape index (κ2) is 4.21. The van der Waals surface area contributed by atoms with Crippen molar-refractivity contribution in [2.24, 2.45) is 0 Å². The zero-order valence-corrected chi connectivity index (χ0v) is 4.32. The molecule has 0 heterocycles. The predicted octanol–water partition coefficient (Wildman–Crippen LogP) is -1.36. The normalized spacial score (nSPS) is 9.56. The van der Waals surface area contributed by atoms with Gasteiger partial charge >= 0.3 is 42.5 Å². The second-order valence-electron chi connectivity index (χ2n) is 0.796. The van der Waals surface area contributed by atoms with Gasteiger partial charge in [0.05, 0.1) is 0 Å². The van der Waals surface area contributed by atoms with Crippen molar-refractivity contribution in [3.63, 3.8) is 0 Å². The fourth-order valence-corrected chi connectivity index (χ4v) is 0.261. The number of rotatable bonds is 2. The van der Waals surface area contributed by atoms with Gasteiger partial charge in [-0.05, 0) is 0 Å². The average molecular weight is 167 g/mol. The first-order valence-electron chi connectivity index (χ1n) is 1.31. The quantitative estimate of drug-likeness (QED) is 0.227. The number of hydrogen-bond donors (Lipinski definition) is 2. The molecule has 0 aliphatic carbocycles. The minimum absolute atomic E-state index is 0. The molecule has 0 fully saturated rings. The Labute approximate surface area is 71.6 Å². The molecular weight excluding hydrogens is 164 g/mol. The van der Waals surface area contributed by atoms with Crippen LogP contribution in [0.4, 0.5) is 0 Å². The van der Waals surface area contributed by atoms with Gasteiger partial charge in [-0.25, -0.2) is 4.57 Å². The Hall–Kier alpha value is 0.350. The van der Waals surface area contributed by atoms with Crippen molar-refractivity contribution in [3.05, 3.63) is 10.1 Å². The molecule has 0 unspecified atom stereocenters. The van der Waals surface area contributed by atoms with Crippen molar-refractivity contribution in [1.82, 2.24) is 0 Å². The van der Waals surface area contributed by atoms with Gasteiger partial charge in [-0.3, -0.25) is 0 Å². The van der Waals surface area contributed by atoms with Gasteiger partial charge in [-0.15, -0.1) is 10.1 Å². The van der Waals surface area contributed by atoms with Crippen LogP contribution in [-0.2, 0) is 9.19 Å². The first-order chi connectivity index (χ1) is 3.42. The van der Waals surface area contributed by atoms with E-state index in [1.54, 1.807) is 0 Å². The molecule has 0 aromatic carbocycles. The Bertz CT molecular complexity index is 136. The van der Waals surface area contributed by atoms with Gasteiger partial charge in [0, 0.05) is 0 Å². The van der Waals surface area contributed by atoms with Crippen molar-refractivity contribution in [1.29, 1.82) is 0 Å². The van der Waals surface area contributed by atoms with Gasteiger partial charge in [0.15, 0.2) is 0 Å². The molecule has 0 aromatic heterocycles. The summed E-state index contributed by atoms with van der Waals surface area (Å²) in [5.41, 5.74) is 0. The number of phosphoric acid groups is 1. The first-order valence-corrected chi connectivity index (χ1v) is 2.84. The van der Waals surface area contributed by atoms with E-state index in [0.29, 0.717) is 0 Å². The van der Waals surface area contributed by atoms with Crippen LogP contribution >= 0.6 is 7.82 Å². The average Bonchev–Trinajstić information content (AvgIpc) is 1.21. The molecule has 50 valence electrons. The Morgan fingerprint density at radius 3 is 1.89 bits per heavy atom. The van der Waals surface area contributed by atoms with E-state index < -0.39 is 12.9 Å². The van der Waals surface area contributed by atoms with Crippen LogP contribution in [0.2, 0.25) is 0 Å². The Morgan fingerprint density at radius 2 is 1.89 bits per heavy atom. The maximum atomic E-state index is 9.47. The van der Waals surface area contributed by atoms with Crippen LogP contribution in [-0.4, -0.2) is 44.4 Å².